The Morgan fingerprint density at radius 3 is 2.41 bits per heavy atom. The van der Waals surface area contributed by atoms with Gasteiger partial charge in [0.25, 0.3) is 0 Å². The summed E-state index contributed by atoms with van der Waals surface area (Å²) in [6, 6.07) is 16.9. The maximum Gasteiger partial charge on any atom is 0.340 e. The Kier molecular flexibility index (Phi) is 3.52. The zero-order valence-corrected chi connectivity index (χ0v) is 9.17. The highest BCUT2D eigenvalue weighted by Gasteiger charge is 2.07. The normalized spacial score (nSPS) is 9.94. The Morgan fingerprint density at radius 2 is 1.71 bits per heavy atom. The van der Waals surface area contributed by atoms with Gasteiger partial charge < -0.3 is 9.84 Å². The number of rotatable bonds is 3. The van der Waals surface area contributed by atoms with Gasteiger partial charge in [0.05, 0.1) is 5.56 Å². The lowest BCUT2D eigenvalue weighted by molar-refractivity contribution is 0.00684. The quantitative estimate of drug-likeness (QED) is 0.648. The topological polar surface area (TPSA) is 46.5 Å². The number of aliphatic hydroxyl groups excluding tert-OH is 1. The molecule has 0 aliphatic heterocycles. The SMILES string of the molecule is O=C(OCO)c1cccc(-c2ccccc2)c1. The van der Waals surface area contributed by atoms with Gasteiger partial charge in [0.1, 0.15) is 0 Å². The minimum absolute atomic E-state index is 0.431. The van der Waals surface area contributed by atoms with Crippen molar-refractivity contribution in [3.05, 3.63) is 60.2 Å². The lowest BCUT2D eigenvalue weighted by Gasteiger charge is -2.04. The first-order chi connectivity index (χ1) is 8.31. The maximum atomic E-state index is 11.4. The number of aliphatic hydroxyl groups is 1. The van der Waals surface area contributed by atoms with Gasteiger partial charge in [0, 0.05) is 0 Å². The van der Waals surface area contributed by atoms with Crippen molar-refractivity contribution < 1.29 is 14.6 Å². The van der Waals surface area contributed by atoms with Gasteiger partial charge in [-0.2, -0.15) is 0 Å². The molecule has 17 heavy (non-hydrogen) atoms. The molecule has 0 aromatic heterocycles. The number of esters is 1. The van der Waals surface area contributed by atoms with Crippen molar-refractivity contribution >= 4 is 5.97 Å². The molecule has 0 bridgehead atoms. The van der Waals surface area contributed by atoms with Crippen molar-refractivity contribution in [2.24, 2.45) is 0 Å². The Bertz CT molecular complexity index is 506. The summed E-state index contributed by atoms with van der Waals surface area (Å²) in [5, 5.41) is 8.54. The van der Waals surface area contributed by atoms with Gasteiger partial charge in [-0.05, 0) is 23.3 Å². The van der Waals surface area contributed by atoms with Crippen LogP contribution in [0.25, 0.3) is 11.1 Å². The Labute approximate surface area is 99.3 Å². The summed E-state index contributed by atoms with van der Waals surface area (Å²) >= 11 is 0. The van der Waals surface area contributed by atoms with Gasteiger partial charge in [-0.15, -0.1) is 0 Å². The molecular formula is C14H12O3. The summed E-state index contributed by atoms with van der Waals surface area (Å²) in [5.74, 6) is -0.523. The van der Waals surface area contributed by atoms with Crippen molar-refractivity contribution in [2.75, 3.05) is 6.79 Å². The van der Waals surface area contributed by atoms with Crippen LogP contribution in [0.4, 0.5) is 0 Å². The molecule has 0 fully saturated rings. The summed E-state index contributed by atoms with van der Waals surface area (Å²) in [5.41, 5.74) is 2.41. The highest BCUT2D eigenvalue weighted by molar-refractivity contribution is 5.91. The summed E-state index contributed by atoms with van der Waals surface area (Å²) < 4.78 is 4.54. The van der Waals surface area contributed by atoms with E-state index in [1.54, 1.807) is 18.2 Å². The van der Waals surface area contributed by atoms with E-state index >= 15 is 0 Å². The maximum absolute atomic E-state index is 11.4. The minimum Gasteiger partial charge on any atom is -0.435 e. The van der Waals surface area contributed by atoms with Gasteiger partial charge in [-0.3, -0.25) is 0 Å². The van der Waals surface area contributed by atoms with Crippen LogP contribution in [0.3, 0.4) is 0 Å². The fourth-order valence-corrected chi connectivity index (χ4v) is 1.60. The zero-order chi connectivity index (χ0) is 12.1. The van der Waals surface area contributed by atoms with Crippen molar-refractivity contribution in [3.63, 3.8) is 0 Å². The molecule has 2 aromatic rings. The van der Waals surface area contributed by atoms with Crippen LogP contribution in [0.1, 0.15) is 10.4 Å². The molecule has 86 valence electrons. The third kappa shape index (κ3) is 2.71. The summed E-state index contributed by atoms with van der Waals surface area (Å²) in [4.78, 5) is 11.4. The van der Waals surface area contributed by atoms with Gasteiger partial charge in [0.2, 0.25) is 0 Å². The van der Waals surface area contributed by atoms with Gasteiger partial charge in [-0.25, -0.2) is 4.79 Å². The van der Waals surface area contributed by atoms with E-state index in [1.807, 2.05) is 36.4 Å². The van der Waals surface area contributed by atoms with Crippen LogP contribution in [0.2, 0.25) is 0 Å². The van der Waals surface area contributed by atoms with Gasteiger partial charge in [-0.1, -0.05) is 42.5 Å². The van der Waals surface area contributed by atoms with Crippen LogP contribution >= 0.6 is 0 Å². The molecule has 3 heteroatoms. The second kappa shape index (κ2) is 5.27. The Morgan fingerprint density at radius 1 is 1.00 bits per heavy atom. The molecule has 0 amide bonds. The molecule has 0 unspecified atom stereocenters. The van der Waals surface area contributed by atoms with Crippen molar-refractivity contribution in [2.45, 2.75) is 0 Å². The van der Waals surface area contributed by atoms with E-state index in [1.165, 1.54) is 0 Å². The molecule has 2 rings (SSSR count). The number of hydrogen-bond donors (Lipinski definition) is 1. The number of carbonyl (C=O) groups excluding carboxylic acids is 1. The van der Waals surface area contributed by atoms with E-state index in [-0.39, 0.29) is 0 Å². The van der Waals surface area contributed by atoms with Crippen molar-refractivity contribution in [1.29, 1.82) is 0 Å². The minimum atomic E-state index is -0.603. The molecule has 0 aliphatic rings. The van der Waals surface area contributed by atoms with E-state index < -0.39 is 12.8 Å². The second-order valence-electron chi connectivity index (χ2n) is 3.51. The summed E-state index contributed by atoms with van der Waals surface area (Å²) in [6.07, 6.45) is 0. The molecule has 0 aliphatic carbocycles. The van der Waals surface area contributed by atoms with E-state index in [9.17, 15) is 4.79 Å². The number of ether oxygens (including phenoxy) is 1. The standard InChI is InChI=1S/C14H12O3/c15-10-17-14(16)13-8-4-7-12(9-13)11-5-2-1-3-6-11/h1-9,15H,10H2. The van der Waals surface area contributed by atoms with Crippen LogP contribution in [0.15, 0.2) is 54.6 Å². The fourth-order valence-electron chi connectivity index (χ4n) is 1.60. The average molecular weight is 228 g/mol. The first kappa shape index (κ1) is 11.4. The Hall–Kier alpha value is -2.13. The summed E-state index contributed by atoms with van der Waals surface area (Å²) in [7, 11) is 0. The molecule has 3 nitrogen and oxygen atoms in total. The average Bonchev–Trinajstić information content (AvgIpc) is 2.40. The van der Waals surface area contributed by atoms with Gasteiger partial charge >= 0.3 is 5.97 Å². The van der Waals surface area contributed by atoms with Crippen LogP contribution < -0.4 is 0 Å². The molecule has 2 aromatic carbocycles. The summed E-state index contributed by atoms with van der Waals surface area (Å²) in [6.45, 7) is -0.603. The molecule has 0 saturated carbocycles. The largest absolute Gasteiger partial charge is 0.435 e. The first-order valence-corrected chi connectivity index (χ1v) is 5.25. The molecule has 0 heterocycles. The van der Waals surface area contributed by atoms with E-state index in [2.05, 4.69) is 4.74 Å². The zero-order valence-electron chi connectivity index (χ0n) is 9.17. The van der Waals surface area contributed by atoms with Crippen LogP contribution in [-0.2, 0) is 4.74 Å². The highest BCUT2D eigenvalue weighted by Crippen LogP contribution is 2.20. The smallest absolute Gasteiger partial charge is 0.340 e. The van der Waals surface area contributed by atoms with Crippen molar-refractivity contribution in [3.8, 4) is 11.1 Å². The third-order valence-corrected chi connectivity index (χ3v) is 2.40. The predicted octanol–water partition coefficient (Wildman–Crippen LogP) is 2.46. The number of carbonyl (C=O) groups is 1. The van der Waals surface area contributed by atoms with E-state index in [0.717, 1.165) is 11.1 Å². The Balaban J connectivity index is 2.32. The third-order valence-electron chi connectivity index (χ3n) is 2.40. The second-order valence-corrected chi connectivity index (χ2v) is 3.51. The number of hydrogen-bond acceptors (Lipinski definition) is 3. The van der Waals surface area contributed by atoms with Crippen molar-refractivity contribution in [1.82, 2.24) is 0 Å². The lowest BCUT2D eigenvalue weighted by Crippen LogP contribution is -2.05. The number of benzene rings is 2. The molecule has 0 atom stereocenters. The molecular weight excluding hydrogens is 216 g/mol. The van der Waals surface area contributed by atoms with E-state index in [0.29, 0.717) is 5.56 Å². The lowest BCUT2D eigenvalue weighted by atomic mass is 10.0. The van der Waals surface area contributed by atoms with Crippen LogP contribution in [-0.4, -0.2) is 17.9 Å². The van der Waals surface area contributed by atoms with Gasteiger partial charge in [0.15, 0.2) is 6.79 Å². The highest BCUT2D eigenvalue weighted by atomic mass is 16.6. The fraction of sp³-hybridized carbons (Fsp3) is 0.0714. The predicted molar refractivity (Wildman–Crippen MR) is 64.4 cm³/mol. The van der Waals surface area contributed by atoms with E-state index in [4.69, 9.17) is 5.11 Å². The monoisotopic (exact) mass is 228 g/mol. The van der Waals surface area contributed by atoms with Crippen LogP contribution in [0.5, 0.6) is 0 Å². The molecule has 1 N–H and O–H groups in total. The first-order valence-electron chi connectivity index (χ1n) is 5.25. The molecule has 0 spiro atoms. The molecule has 0 saturated heterocycles. The molecule has 0 radical (unpaired) electrons. The van der Waals surface area contributed by atoms with Crippen LogP contribution in [0, 0.1) is 0 Å².